The maximum Gasteiger partial charge on any atom is 0.266 e. The molecular weight excluding hydrogens is 444 g/mol. The van der Waals surface area contributed by atoms with E-state index in [-0.39, 0.29) is 22.1 Å². The van der Waals surface area contributed by atoms with Crippen molar-refractivity contribution in [1.29, 1.82) is 0 Å². The van der Waals surface area contributed by atoms with Crippen molar-refractivity contribution in [2.45, 2.75) is 50.1 Å². The number of benzene rings is 2. The van der Waals surface area contributed by atoms with Crippen molar-refractivity contribution in [3.8, 4) is 5.69 Å². The fourth-order valence-electron chi connectivity index (χ4n) is 2.83. The summed E-state index contributed by atoms with van der Waals surface area (Å²) in [6.45, 7) is 7.45. The first-order chi connectivity index (χ1) is 14.5. The second-order valence-corrected chi connectivity index (χ2v) is 9.52. The topological polar surface area (TPSA) is 64.0 Å². The van der Waals surface area contributed by atoms with Gasteiger partial charge in [0.2, 0.25) is 5.91 Å². The van der Waals surface area contributed by atoms with Crippen LogP contribution in [0.1, 0.15) is 34.1 Å². The first-order valence-electron chi connectivity index (χ1n) is 9.69. The molecule has 0 bridgehead atoms. The molecule has 3 rings (SSSR count). The predicted octanol–water partition coefficient (Wildman–Crippen LogP) is 5.10. The number of nitrogens with zero attached hydrogens (tertiary/aromatic N) is 2. The quantitative estimate of drug-likeness (QED) is 0.406. The van der Waals surface area contributed by atoms with Gasteiger partial charge in [-0.25, -0.2) is 13.8 Å². The summed E-state index contributed by atoms with van der Waals surface area (Å²) in [5, 5.41) is 2.94. The van der Waals surface area contributed by atoms with E-state index in [4.69, 9.17) is 11.6 Å². The predicted molar refractivity (Wildman–Crippen MR) is 120 cm³/mol. The summed E-state index contributed by atoms with van der Waals surface area (Å²) >= 11 is 7.04. The summed E-state index contributed by atoms with van der Waals surface area (Å²) in [5.41, 5.74) is -0.772. The van der Waals surface area contributed by atoms with E-state index in [1.165, 1.54) is 12.1 Å². The van der Waals surface area contributed by atoms with Gasteiger partial charge in [0.1, 0.15) is 11.6 Å². The fraction of sp³-hybridized carbons (Fsp3) is 0.318. The standard InChI is InChI=1S/C22H22ClF2N3O2S/c1-5-22(3,4)27-19(29)12(2)31-21-26-17-8-6-13(23)10-15(17)20(30)28(21)18-9-7-14(24)11-16(18)25/h6-12H,5H2,1-4H3,(H,27,29). The first kappa shape index (κ1) is 23.2. The molecule has 1 aromatic heterocycles. The Balaban J connectivity index is 2.14. The lowest BCUT2D eigenvalue weighted by Gasteiger charge is -2.26. The van der Waals surface area contributed by atoms with Crippen molar-refractivity contribution in [2.24, 2.45) is 0 Å². The molecular formula is C22H22ClF2N3O2S. The molecule has 31 heavy (non-hydrogen) atoms. The van der Waals surface area contributed by atoms with Gasteiger partial charge in [-0.15, -0.1) is 0 Å². The van der Waals surface area contributed by atoms with Gasteiger partial charge < -0.3 is 5.32 Å². The van der Waals surface area contributed by atoms with Crippen LogP contribution in [0.2, 0.25) is 5.02 Å². The van der Waals surface area contributed by atoms with Crippen LogP contribution in [-0.4, -0.2) is 26.2 Å². The Bertz CT molecular complexity index is 1210. The highest BCUT2D eigenvalue weighted by Gasteiger charge is 2.25. The van der Waals surface area contributed by atoms with Gasteiger partial charge in [0.05, 0.1) is 21.8 Å². The van der Waals surface area contributed by atoms with Crippen molar-refractivity contribution in [3.05, 3.63) is 63.4 Å². The van der Waals surface area contributed by atoms with Gasteiger partial charge in [0, 0.05) is 16.6 Å². The number of nitrogens with one attached hydrogen (secondary N) is 1. The lowest BCUT2D eigenvalue weighted by Crippen LogP contribution is -2.46. The van der Waals surface area contributed by atoms with E-state index in [1.807, 2.05) is 20.8 Å². The highest BCUT2D eigenvalue weighted by atomic mass is 35.5. The molecule has 0 aliphatic rings. The molecule has 2 aromatic carbocycles. The van der Waals surface area contributed by atoms with E-state index in [0.29, 0.717) is 16.6 Å². The first-order valence-corrected chi connectivity index (χ1v) is 10.9. The van der Waals surface area contributed by atoms with E-state index < -0.39 is 28.0 Å². The number of carbonyl (C=O) groups is 1. The number of thioether (sulfide) groups is 1. The van der Waals surface area contributed by atoms with Gasteiger partial charge in [0.15, 0.2) is 5.16 Å². The Morgan fingerprint density at radius 2 is 1.97 bits per heavy atom. The van der Waals surface area contributed by atoms with Crippen LogP contribution in [0.5, 0.6) is 0 Å². The van der Waals surface area contributed by atoms with Crippen LogP contribution in [0, 0.1) is 11.6 Å². The molecule has 1 atom stereocenters. The second kappa shape index (κ2) is 8.96. The summed E-state index contributed by atoms with van der Waals surface area (Å²) in [6.07, 6.45) is 0.733. The number of carbonyl (C=O) groups excluding carboxylic acids is 1. The molecule has 9 heteroatoms. The average molecular weight is 466 g/mol. The Labute approximate surface area is 187 Å². The van der Waals surface area contributed by atoms with E-state index in [2.05, 4.69) is 10.3 Å². The second-order valence-electron chi connectivity index (χ2n) is 7.78. The van der Waals surface area contributed by atoms with Crippen molar-refractivity contribution in [1.82, 2.24) is 14.9 Å². The molecule has 164 valence electrons. The maximum atomic E-state index is 14.6. The number of fused-ring (bicyclic) bond motifs is 1. The molecule has 5 nitrogen and oxygen atoms in total. The summed E-state index contributed by atoms with van der Waals surface area (Å²) in [7, 11) is 0. The molecule has 0 aliphatic carbocycles. The number of aromatic nitrogens is 2. The lowest BCUT2D eigenvalue weighted by molar-refractivity contribution is -0.121. The number of amides is 1. The zero-order valence-corrected chi connectivity index (χ0v) is 19.1. The van der Waals surface area contributed by atoms with Gasteiger partial charge in [-0.1, -0.05) is 30.3 Å². The fourth-order valence-corrected chi connectivity index (χ4v) is 3.92. The minimum absolute atomic E-state index is 0.113. The molecule has 0 saturated heterocycles. The Morgan fingerprint density at radius 3 is 2.61 bits per heavy atom. The molecule has 0 radical (unpaired) electrons. The SMILES string of the molecule is CCC(C)(C)NC(=O)C(C)Sc1nc2ccc(Cl)cc2c(=O)n1-c1ccc(F)cc1F. The highest BCUT2D eigenvalue weighted by molar-refractivity contribution is 8.00. The number of rotatable bonds is 6. The molecule has 3 aromatic rings. The van der Waals surface area contributed by atoms with E-state index in [1.54, 1.807) is 19.1 Å². The Morgan fingerprint density at radius 1 is 1.26 bits per heavy atom. The smallest absolute Gasteiger partial charge is 0.266 e. The minimum Gasteiger partial charge on any atom is -0.350 e. The van der Waals surface area contributed by atoms with Crippen LogP contribution in [0.3, 0.4) is 0 Å². The number of hydrogen-bond donors (Lipinski definition) is 1. The van der Waals surface area contributed by atoms with Crippen LogP contribution in [-0.2, 0) is 4.79 Å². The third-order valence-electron chi connectivity index (χ3n) is 4.95. The van der Waals surface area contributed by atoms with Gasteiger partial charge in [-0.05, 0) is 57.5 Å². The van der Waals surface area contributed by atoms with Crippen molar-refractivity contribution < 1.29 is 13.6 Å². The minimum atomic E-state index is -0.920. The zero-order chi connectivity index (χ0) is 22.9. The van der Waals surface area contributed by atoms with Crippen LogP contribution >= 0.6 is 23.4 Å². The zero-order valence-electron chi connectivity index (χ0n) is 17.5. The summed E-state index contributed by atoms with van der Waals surface area (Å²) in [4.78, 5) is 30.4. The monoisotopic (exact) mass is 465 g/mol. The molecule has 0 spiro atoms. The number of hydrogen-bond acceptors (Lipinski definition) is 4. The summed E-state index contributed by atoms with van der Waals surface area (Å²) in [5.74, 6) is -1.93. The van der Waals surface area contributed by atoms with E-state index in [9.17, 15) is 18.4 Å². The van der Waals surface area contributed by atoms with E-state index in [0.717, 1.165) is 28.8 Å². The van der Waals surface area contributed by atoms with Crippen molar-refractivity contribution in [2.75, 3.05) is 0 Å². The molecule has 0 saturated carbocycles. The number of halogens is 3. The molecule has 1 unspecified atom stereocenters. The Hall–Kier alpha value is -2.45. The largest absolute Gasteiger partial charge is 0.350 e. The normalized spacial score (nSPS) is 12.7. The van der Waals surface area contributed by atoms with E-state index >= 15 is 0 Å². The average Bonchev–Trinajstić information content (AvgIpc) is 2.69. The maximum absolute atomic E-state index is 14.6. The third-order valence-corrected chi connectivity index (χ3v) is 6.23. The summed E-state index contributed by atoms with van der Waals surface area (Å²) in [6, 6.07) is 7.53. The third kappa shape index (κ3) is 5.07. The van der Waals surface area contributed by atoms with Crippen LogP contribution < -0.4 is 10.9 Å². The molecule has 1 N–H and O–H groups in total. The Kier molecular flexibility index (Phi) is 6.71. The molecule has 0 aliphatic heterocycles. The molecule has 1 amide bonds. The van der Waals surface area contributed by atoms with Crippen LogP contribution in [0.4, 0.5) is 8.78 Å². The molecule has 0 fully saturated rings. The van der Waals surface area contributed by atoms with Gasteiger partial charge >= 0.3 is 0 Å². The lowest BCUT2D eigenvalue weighted by atomic mass is 10.0. The summed E-state index contributed by atoms with van der Waals surface area (Å²) < 4.78 is 29.1. The van der Waals surface area contributed by atoms with Gasteiger partial charge in [-0.3, -0.25) is 14.2 Å². The van der Waals surface area contributed by atoms with Crippen LogP contribution in [0.15, 0.2) is 46.3 Å². The van der Waals surface area contributed by atoms with Gasteiger partial charge in [-0.2, -0.15) is 0 Å². The van der Waals surface area contributed by atoms with Gasteiger partial charge in [0.25, 0.3) is 5.56 Å². The van der Waals surface area contributed by atoms with Crippen LogP contribution in [0.25, 0.3) is 16.6 Å². The van der Waals surface area contributed by atoms with Crippen molar-refractivity contribution >= 4 is 40.2 Å². The highest BCUT2D eigenvalue weighted by Crippen LogP contribution is 2.27. The molecule has 1 heterocycles. The van der Waals surface area contributed by atoms with Crippen molar-refractivity contribution in [3.63, 3.8) is 0 Å².